The SMILES string of the molecule is CCn1nc(C)cc1C(=O)N1CC[C@@H]2O[C@@H](c3nc(C)no3)C[C@H]2C1. The smallest absolute Gasteiger partial charge is 0.272 e. The first-order valence-corrected chi connectivity index (χ1v) is 8.84. The number of piperidine rings is 1. The number of carbonyl (C=O) groups excluding carboxylic acids is 1. The molecule has 2 aromatic rings. The first-order valence-electron chi connectivity index (χ1n) is 8.84. The van der Waals surface area contributed by atoms with Crippen molar-refractivity contribution in [2.75, 3.05) is 13.1 Å². The number of nitrogens with zero attached hydrogens (tertiary/aromatic N) is 5. The van der Waals surface area contributed by atoms with Gasteiger partial charge in [-0.2, -0.15) is 10.1 Å². The molecule has 1 amide bonds. The van der Waals surface area contributed by atoms with E-state index in [1.807, 2.05) is 24.8 Å². The van der Waals surface area contributed by atoms with Crippen LogP contribution in [-0.2, 0) is 11.3 Å². The van der Waals surface area contributed by atoms with Gasteiger partial charge in [0.1, 0.15) is 11.8 Å². The maximum absolute atomic E-state index is 12.9. The van der Waals surface area contributed by atoms with Gasteiger partial charge < -0.3 is 14.2 Å². The molecule has 0 N–H and O–H groups in total. The van der Waals surface area contributed by atoms with E-state index in [0.717, 1.165) is 18.5 Å². The Morgan fingerprint density at radius 1 is 1.40 bits per heavy atom. The number of fused-ring (bicyclic) bond motifs is 1. The van der Waals surface area contributed by atoms with Crippen molar-refractivity contribution in [2.45, 2.75) is 52.4 Å². The van der Waals surface area contributed by atoms with Crippen LogP contribution < -0.4 is 0 Å². The van der Waals surface area contributed by atoms with Crippen LogP contribution in [0.15, 0.2) is 10.6 Å². The molecule has 4 heterocycles. The molecule has 2 aromatic heterocycles. The van der Waals surface area contributed by atoms with Gasteiger partial charge in [-0.05, 0) is 39.7 Å². The summed E-state index contributed by atoms with van der Waals surface area (Å²) in [6.07, 6.45) is 1.63. The molecule has 25 heavy (non-hydrogen) atoms. The van der Waals surface area contributed by atoms with Crippen LogP contribution in [-0.4, -0.2) is 49.9 Å². The first-order chi connectivity index (χ1) is 12.0. The summed E-state index contributed by atoms with van der Waals surface area (Å²) in [5.41, 5.74) is 1.54. The maximum Gasteiger partial charge on any atom is 0.272 e. The zero-order valence-corrected chi connectivity index (χ0v) is 14.8. The minimum Gasteiger partial charge on any atom is -0.365 e. The highest BCUT2D eigenvalue weighted by Gasteiger charge is 2.43. The van der Waals surface area contributed by atoms with E-state index in [1.54, 1.807) is 11.6 Å². The van der Waals surface area contributed by atoms with E-state index in [2.05, 4.69) is 15.2 Å². The average molecular weight is 345 g/mol. The second kappa shape index (κ2) is 6.25. The van der Waals surface area contributed by atoms with Gasteiger partial charge in [-0.25, -0.2) is 0 Å². The van der Waals surface area contributed by atoms with Crippen LogP contribution in [0.4, 0.5) is 0 Å². The highest BCUT2D eigenvalue weighted by molar-refractivity contribution is 5.92. The molecular weight excluding hydrogens is 322 g/mol. The van der Waals surface area contributed by atoms with E-state index in [4.69, 9.17) is 9.26 Å². The summed E-state index contributed by atoms with van der Waals surface area (Å²) >= 11 is 0. The lowest BCUT2D eigenvalue weighted by atomic mass is 9.92. The predicted octanol–water partition coefficient (Wildman–Crippen LogP) is 1.90. The van der Waals surface area contributed by atoms with Gasteiger partial charge in [-0.15, -0.1) is 0 Å². The van der Waals surface area contributed by atoms with Crippen molar-refractivity contribution < 1.29 is 14.1 Å². The number of amides is 1. The van der Waals surface area contributed by atoms with Crippen molar-refractivity contribution in [2.24, 2.45) is 5.92 Å². The third kappa shape index (κ3) is 2.95. The minimum atomic E-state index is -0.158. The average Bonchev–Trinajstić information content (AvgIpc) is 3.30. The molecular formula is C17H23N5O3. The van der Waals surface area contributed by atoms with Crippen LogP contribution in [0.3, 0.4) is 0 Å². The summed E-state index contributed by atoms with van der Waals surface area (Å²) in [7, 11) is 0. The third-order valence-corrected chi connectivity index (χ3v) is 5.05. The monoisotopic (exact) mass is 345 g/mol. The van der Waals surface area contributed by atoms with E-state index in [-0.39, 0.29) is 18.1 Å². The van der Waals surface area contributed by atoms with E-state index in [1.165, 1.54) is 0 Å². The van der Waals surface area contributed by atoms with Crippen molar-refractivity contribution in [3.63, 3.8) is 0 Å². The molecule has 0 radical (unpaired) electrons. The van der Waals surface area contributed by atoms with Crippen molar-refractivity contribution in [1.82, 2.24) is 24.8 Å². The van der Waals surface area contributed by atoms with Gasteiger partial charge in [0.2, 0.25) is 0 Å². The molecule has 3 atom stereocenters. The van der Waals surface area contributed by atoms with E-state index < -0.39 is 0 Å². The largest absolute Gasteiger partial charge is 0.365 e. The zero-order valence-electron chi connectivity index (χ0n) is 14.8. The Morgan fingerprint density at radius 2 is 2.24 bits per heavy atom. The molecule has 0 aliphatic carbocycles. The van der Waals surface area contributed by atoms with E-state index in [9.17, 15) is 4.79 Å². The highest BCUT2D eigenvalue weighted by Crippen LogP contribution is 2.40. The van der Waals surface area contributed by atoms with Gasteiger partial charge in [0.25, 0.3) is 11.8 Å². The molecule has 0 aromatic carbocycles. The Bertz CT molecular complexity index is 783. The number of hydrogen-bond acceptors (Lipinski definition) is 6. The van der Waals surface area contributed by atoms with Crippen LogP contribution in [0.1, 0.15) is 53.8 Å². The molecule has 2 fully saturated rings. The van der Waals surface area contributed by atoms with Gasteiger partial charge >= 0.3 is 0 Å². The Kier molecular flexibility index (Phi) is 4.07. The Labute approximate surface area is 146 Å². The van der Waals surface area contributed by atoms with Gasteiger partial charge in [-0.1, -0.05) is 5.16 Å². The summed E-state index contributed by atoms with van der Waals surface area (Å²) in [6.45, 7) is 7.80. The summed E-state index contributed by atoms with van der Waals surface area (Å²) in [4.78, 5) is 19.1. The molecule has 0 saturated carbocycles. The molecule has 0 spiro atoms. The fourth-order valence-electron chi connectivity index (χ4n) is 3.87. The molecule has 8 nitrogen and oxygen atoms in total. The van der Waals surface area contributed by atoms with Crippen LogP contribution in [0.2, 0.25) is 0 Å². The quantitative estimate of drug-likeness (QED) is 0.844. The standard InChI is InChI=1S/C17H23N5O3/c1-4-22-13(7-10(2)19-22)17(23)21-6-5-14-12(9-21)8-15(24-14)16-18-11(3)20-25-16/h7,12,14-15H,4-6,8-9H2,1-3H3/t12-,14-,15+/m0/s1. The molecule has 2 aliphatic heterocycles. The number of aryl methyl sites for hydroxylation is 3. The van der Waals surface area contributed by atoms with Crippen LogP contribution in [0.25, 0.3) is 0 Å². The highest BCUT2D eigenvalue weighted by atomic mass is 16.5. The lowest BCUT2D eigenvalue weighted by Crippen LogP contribution is -2.45. The fraction of sp³-hybridized carbons (Fsp3) is 0.647. The normalized spacial score (nSPS) is 26.0. The van der Waals surface area contributed by atoms with Crippen LogP contribution >= 0.6 is 0 Å². The summed E-state index contributed by atoms with van der Waals surface area (Å²) in [6, 6.07) is 1.87. The molecule has 2 saturated heterocycles. The van der Waals surface area contributed by atoms with Gasteiger partial charge in [0.05, 0.1) is 11.8 Å². The first kappa shape index (κ1) is 16.3. The Morgan fingerprint density at radius 3 is 2.96 bits per heavy atom. The van der Waals surface area contributed by atoms with Crippen LogP contribution in [0, 0.1) is 19.8 Å². The number of carbonyl (C=O) groups is 1. The summed E-state index contributed by atoms with van der Waals surface area (Å²) in [5, 5.41) is 8.22. The molecule has 0 unspecified atom stereocenters. The van der Waals surface area contributed by atoms with E-state index >= 15 is 0 Å². The predicted molar refractivity (Wildman–Crippen MR) is 87.9 cm³/mol. The minimum absolute atomic E-state index is 0.0537. The molecule has 134 valence electrons. The Balaban J connectivity index is 1.46. The number of ether oxygens (including phenoxy) is 1. The fourth-order valence-corrected chi connectivity index (χ4v) is 3.87. The molecule has 0 bridgehead atoms. The third-order valence-electron chi connectivity index (χ3n) is 5.05. The topological polar surface area (TPSA) is 86.3 Å². The van der Waals surface area contributed by atoms with Crippen molar-refractivity contribution >= 4 is 5.91 Å². The molecule has 2 aliphatic rings. The van der Waals surface area contributed by atoms with Gasteiger partial charge in [0, 0.05) is 25.6 Å². The Hall–Kier alpha value is -2.22. The number of rotatable bonds is 3. The van der Waals surface area contributed by atoms with Crippen molar-refractivity contribution in [3.8, 4) is 0 Å². The van der Waals surface area contributed by atoms with Crippen molar-refractivity contribution in [1.29, 1.82) is 0 Å². The van der Waals surface area contributed by atoms with E-state index in [0.29, 0.717) is 43.0 Å². The maximum atomic E-state index is 12.9. The second-order valence-corrected chi connectivity index (χ2v) is 6.87. The van der Waals surface area contributed by atoms with Crippen LogP contribution in [0.5, 0.6) is 0 Å². The molecule has 8 heteroatoms. The summed E-state index contributed by atoms with van der Waals surface area (Å²) < 4.78 is 13.1. The molecule has 4 rings (SSSR count). The zero-order chi connectivity index (χ0) is 17.6. The lowest BCUT2D eigenvalue weighted by Gasteiger charge is -2.34. The lowest BCUT2D eigenvalue weighted by molar-refractivity contribution is -0.00795. The van der Waals surface area contributed by atoms with Gasteiger partial charge in [0.15, 0.2) is 5.82 Å². The van der Waals surface area contributed by atoms with Gasteiger partial charge in [-0.3, -0.25) is 9.48 Å². The van der Waals surface area contributed by atoms with Crippen molar-refractivity contribution in [3.05, 3.63) is 29.2 Å². The number of hydrogen-bond donors (Lipinski definition) is 0. The second-order valence-electron chi connectivity index (χ2n) is 6.87. The number of aromatic nitrogens is 4. The number of likely N-dealkylation sites (tertiary alicyclic amines) is 1. The summed E-state index contributed by atoms with van der Waals surface area (Å²) in [5.74, 6) is 1.52.